The van der Waals surface area contributed by atoms with Crippen LogP contribution in [0.3, 0.4) is 0 Å². The molecule has 0 fully saturated rings. The zero-order chi connectivity index (χ0) is 47.6. The van der Waals surface area contributed by atoms with Crippen molar-refractivity contribution in [2.45, 2.75) is 20.8 Å². The van der Waals surface area contributed by atoms with Crippen molar-refractivity contribution < 1.29 is 0 Å². The summed E-state index contributed by atoms with van der Waals surface area (Å²) in [6.07, 6.45) is 0. The highest BCUT2D eigenvalue weighted by atomic mass is 14.2. The molecule has 0 heteroatoms. The summed E-state index contributed by atoms with van der Waals surface area (Å²) in [4.78, 5) is 0. The summed E-state index contributed by atoms with van der Waals surface area (Å²) in [5.74, 6) is 0. The third-order valence-electron chi connectivity index (χ3n) is 15.0. The zero-order valence-corrected chi connectivity index (χ0v) is 40.2. The molecule has 0 spiro atoms. The van der Waals surface area contributed by atoms with Gasteiger partial charge in [-0.2, -0.15) is 0 Å². The molecular weight excluding hydrogens is 853 g/mol. The van der Waals surface area contributed by atoms with Gasteiger partial charge in [0.25, 0.3) is 0 Å². The Bertz CT molecular complexity index is 4290. The van der Waals surface area contributed by atoms with Crippen molar-refractivity contribution in [1.82, 2.24) is 0 Å². The molecular formula is C71H50. The molecule has 0 nitrogen and oxygen atoms in total. The van der Waals surface area contributed by atoms with E-state index in [2.05, 4.69) is 269 Å². The van der Waals surface area contributed by atoms with Crippen LogP contribution in [-0.4, -0.2) is 0 Å². The lowest BCUT2D eigenvalue weighted by Gasteiger charge is -2.18. The minimum atomic E-state index is 1.26. The third-order valence-corrected chi connectivity index (χ3v) is 15.0. The van der Waals surface area contributed by atoms with Crippen LogP contribution in [0.1, 0.15) is 16.7 Å². The van der Waals surface area contributed by atoms with E-state index in [9.17, 15) is 0 Å². The third kappa shape index (κ3) is 7.14. The quantitative estimate of drug-likeness (QED) is 0.122. The maximum atomic E-state index is 2.40. The molecule has 334 valence electrons. The summed E-state index contributed by atoms with van der Waals surface area (Å²) in [6.45, 7) is 6.56. The molecule has 0 saturated carbocycles. The predicted molar refractivity (Wildman–Crippen MR) is 309 cm³/mol. The molecule has 14 aromatic rings. The molecule has 0 aliphatic rings. The van der Waals surface area contributed by atoms with E-state index in [1.807, 2.05) is 0 Å². The van der Waals surface area contributed by atoms with Gasteiger partial charge in [0, 0.05) is 0 Å². The van der Waals surface area contributed by atoms with Gasteiger partial charge in [0.15, 0.2) is 0 Å². The topological polar surface area (TPSA) is 0 Å². The normalized spacial score (nSPS) is 11.6. The van der Waals surface area contributed by atoms with Crippen molar-refractivity contribution in [3.05, 3.63) is 265 Å². The van der Waals surface area contributed by atoms with E-state index in [0.29, 0.717) is 0 Å². The van der Waals surface area contributed by atoms with Crippen LogP contribution in [-0.2, 0) is 0 Å². The van der Waals surface area contributed by atoms with Crippen LogP contribution in [0.2, 0.25) is 0 Å². The molecule has 0 amide bonds. The Morgan fingerprint density at radius 2 is 0.451 bits per heavy atom. The Kier molecular flexibility index (Phi) is 10.3. The molecule has 0 atom stereocenters. The molecule has 71 heavy (non-hydrogen) atoms. The van der Waals surface area contributed by atoms with Gasteiger partial charge in [-0.25, -0.2) is 0 Å². The number of hydrogen-bond donors (Lipinski definition) is 0. The van der Waals surface area contributed by atoms with Gasteiger partial charge in [-0.15, -0.1) is 0 Å². The van der Waals surface area contributed by atoms with E-state index in [1.54, 1.807) is 0 Å². The van der Waals surface area contributed by atoms with Crippen molar-refractivity contribution in [3.8, 4) is 44.5 Å². The highest BCUT2D eigenvalue weighted by Crippen LogP contribution is 2.46. The Labute approximate surface area is 414 Å². The highest BCUT2D eigenvalue weighted by Gasteiger charge is 2.19. The van der Waals surface area contributed by atoms with E-state index >= 15 is 0 Å². The number of aryl methyl sites for hydroxylation is 3. The molecule has 0 heterocycles. The molecule has 0 saturated heterocycles. The lowest BCUT2D eigenvalue weighted by atomic mass is 9.85. The van der Waals surface area contributed by atoms with Gasteiger partial charge in [-0.05, 0) is 175 Å². The van der Waals surface area contributed by atoms with Crippen molar-refractivity contribution in [3.63, 3.8) is 0 Å². The van der Waals surface area contributed by atoms with Crippen LogP contribution in [0, 0.1) is 20.8 Å². The van der Waals surface area contributed by atoms with Crippen LogP contribution in [0.25, 0.3) is 131 Å². The Balaban J connectivity index is 0.000000139. The zero-order valence-electron chi connectivity index (χ0n) is 40.2. The van der Waals surface area contributed by atoms with Crippen molar-refractivity contribution in [2.75, 3.05) is 0 Å². The lowest BCUT2D eigenvalue weighted by Crippen LogP contribution is -1.91. The lowest BCUT2D eigenvalue weighted by molar-refractivity contribution is 1.47. The largest absolute Gasteiger partial charge is 0.0622 e. The first-order valence-electron chi connectivity index (χ1n) is 24.8. The molecule has 0 N–H and O–H groups in total. The first-order valence-corrected chi connectivity index (χ1v) is 24.8. The SMILES string of the molecule is Cc1cc2ccc(-c3c4ccccc4c(-c4ccccc4)c4ccccc34)cc2c2ccccc12.Cc1ccc(-c2c3ccccc3c(-c3ccc4cc(C)c5ccccc5c4c3)c3ccccc23)cc1. The van der Waals surface area contributed by atoms with Gasteiger partial charge in [-0.1, -0.05) is 242 Å². The number of rotatable bonds is 4. The Hall–Kier alpha value is -8.84. The molecule has 0 aliphatic heterocycles. The van der Waals surface area contributed by atoms with Crippen LogP contribution < -0.4 is 0 Å². The van der Waals surface area contributed by atoms with E-state index in [-0.39, 0.29) is 0 Å². The summed E-state index contributed by atoms with van der Waals surface area (Å²) in [6, 6.07) is 91.4. The Morgan fingerprint density at radius 3 is 0.803 bits per heavy atom. The molecule has 0 bridgehead atoms. The second-order valence-electron chi connectivity index (χ2n) is 19.3. The van der Waals surface area contributed by atoms with Crippen LogP contribution in [0.4, 0.5) is 0 Å². The summed E-state index contributed by atoms with van der Waals surface area (Å²) in [5, 5.41) is 20.8. The maximum absolute atomic E-state index is 2.40. The second-order valence-corrected chi connectivity index (χ2v) is 19.3. The fourth-order valence-electron chi connectivity index (χ4n) is 11.7. The average Bonchev–Trinajstić information content (AvgIpc) is 3.42. The van der Waals surface area contributed by atoms with Gasteiger partial charge in [-0.3, -0.25) is 0 Å². The number of hydrogen-bond acceptors (Lipinski definition) is 0. The molecule has 0 aliphatic carbocycles. The fraction of sp³-hybridized carbons (Fsp3) is 0.0423. The van der Waals surface area contributed by atoms with Crippen molar-refractivity contribution in [2.24, 2.45) is 0 Å². The number of benzene rings is 14. The molecule has 14 aromatic carbocycles. The van der Waals surface area contributed by atoms with Crippen LogP contribution in [0.15, 0.2) is 249 Å². The minimum absolute atomic E-state index is 1.26. The minimum Gasteiger partial charge on any atom is -0.0622 e. The average molecular weight is 903 g/mol. The van der Waals surface area contributed by atoms with Gasteiger partial charge in [0.05, 0.1) is 0 Å². The van der Waals surface area contributed by atoms with E-state index in [4.69, 9.17) is 0 Å². The maximum Gasteiger partial charge on any atom is -0.00261 e. The number of fused-ring (bicyclic) bond motifs is 10. The summed E-state index contributed by atoms with van der Waals surface area (Å²) < 4.78 is 0. The van der Waals surface area contributed by atoms with E-state index in [1.165, 1.54) is 147 Å². The van der Waals surface area contributed by atoms with Crippen molar-refractivity contribution in [1.29, 1.82) is 0 Å². The van der Waals surface area contributed by atoms with Gasteiger partial charge >= 0.3 is 0 Å². The van der Waals surface area contributed by atoms with Gasteiger partial charge < -0.3 is 0 Å². The second kappa shape index (κ2) is 17.3. The smallest absolute Gasteiger partial charge is 0.00261 e. The molecule has 0 unspecified atom stereocenters. The van der Waals surface area contributed by atoms with Gasteiger partial charge in [0.1, 0.15) is 0 Å². The fourth-order valence-corrected chi connectivity index (χ4v) is 11.7. The monoisotopic (exact) mass is 902 g/mol. The highest BCUT2D eigenvalue weighted by molar-refractivity contribution is 6.24. The summed E-state index contributed by atoms with van der Waals surface area (Å²) in [5.41, 5.74) is 14.2. The van der Waals surface area contributed by atoms with Gasteiger partial charge in [0.2, 0.25) is 0 Å². The first kappa shape index (κ1) is 42.3. The molecule has 0 aromatic heterocycles. The standard InChI is InChI=1S/C36H26.C35H24/c1-23-15-17-25(18-16-23)35-30-11-5-7-13-32(30)36(33-14-8-6-12-31(33)35)27-20-19-26-21-24(2)28-9-3-4-10-29(28)34(26)22-27;1-23-21-25-19-20-26(22-33(25)28-14-6-5-13-27(23)28)35-31-17-9-7-15-29(31)34(24-11-3-2-4-12-24)30-16-8-10-18-32(30)35/h3-22H,1-2H3;2-22H,1H3. The van der Waals surface area contributed by atoms with Crippen molar-refractivity contribution >= 4 is 86.2 Å². The molecule has 14 rings (SSSR count). The molecule has 0 radical (unpaired) electrons. The van der Waals surface area contributed by atoms with Crippen LogP contribution in [0.5, 0.6) is 0 Å². The Morgan fingerprint density at radius 1 is 0.183 bits per heavy atom. The summed E-state index contributed by atoms with van der Waals surface area (Å²) in [7, 11) is 0. The first-order chi connectivity index (χ1) is 35.0. The van der Waals surface area contributed by atoms with E-state index < -0.39 is 0 Å². The summed E-state index contributed by atoms with van der Waals surface area (Å²) >= 11 is 0. The van der Waals surface area contributed by atoms with Crippen LogP contribution >= 0.6 is 0 Å². The van der Waals surface area contributed by atoms with E-state index in [0.717, 1.165) is 0 Å². The predicted octanol–water partition coefficient (Wildman–Crippen LogP) is 20.2.